The van der Waals surface area contributed by atoms with E-state index in [1.165, 1.54) is 94.9 Å². The third-order valence-corrected chi connectivity index (χ3v) is 7.90. The number of carbonyl (C=O) groups excluding carboxylic acids is 1. The molecule has 3 rings (SSSR count). The Kier molecular flexibility index (Phi) is 10.9. The van der Waals surface area contributed by atoms with Gasteiger partial charge < -0.3 is 9.47 Å². The first-order chi connectivity index (χ1) is 16.0. The minimum atomic E-state index is -2.86. The zero-order valence-corrected chi connectivity index (χ0v) is 20.3. The Hall–Kier alpha value is -1.65. The second kappa shape index (κ2) is 13.9. The van der Waals surface area contributed by atoms with Gasteiger partial charge in [0.1, 0.15) is 11.5 Å². The van der Waals surface area contributed by atoms with Gasteiger partial charge >= 0.3 is 12.6 Å². The van der Waals surface area contributed by atoms with Gasteiger partial charge in [-0.05, 0) is 80.5 Å². The lowest BCUT2D eigenvalue weighted by Crippen LogP contribution is -2.30. The normalized spacial score (nSPS) is 25.7. The molecule has 0 atom stereocenters. The first kappa shape index (κ1) is 26.0. The van der Waals surface area contributed by atoms with Crippen LogP contribution in [0.15, 0.2) is 24.3 Å². The van der Waals surface area contributed by atoms with Gasteiger partial charge in [0.15, 0.2) is 0 Å². The number of carbonyl (C=O) groups is 1. The Morgan fingerprint density at radius 3 is 1.97 bits per heavy atom. The van der Waals surface area contributed by atoms with Crippen molar-refractivity contribution in [2.45, 2.75) is 110 Å². The van der Waals surface area contributed by atoms with Crippen molar-refractivity contribution in [3.63, 3.8) is 0 Å². The van der Waals surface area contributed by atoms with Gasteiger partial charge in [0, 0.05) is 0 Å². The number of esters is 1. The molecule has 0 N–H and O–H groups in total. The summed E-state index contributed by atoms with van der Waals surface area (Å²) in [7, 11) is 0. The Morgan fingerprint density at radius 1 is 0.818 bits per heavy atom. The SMILES string of the molecule is CCCCCCCCC1CCC(C2CCC(C(=O)Oc3ccc(OC(F)F)cc3)CC2)CC1. The fourth-order valence-corrected chi connectivity index (χ4v) is 5.88. The standard InChI is InChI=1S/C28H42F2O3/c1-2-3-4-5-6-7-8-21-9-11-22(12-10-21)23-13-15-24(16-14-23)27(31)32-25-17-19-26(20-18-25)33-28(29)30/h17-24,28H,2-16H2,1H3. The zero-order valence-electron chi connectivity index (χ0n) is 20.3. The molecule has 2 aliphatic rings. The molecule has 0 amide bonds. The average Bonchev–Trinajstić information content (AvgIpc) is 2.83. The number of alkyl halides is 2. The van der Waals surface area contributed by atoms with E-state index in [2.05, 4.69) is 11.7 Å². The lowest BCUT2D eigenvalue weighted by atomic mass is 9.68. The smallest absolute Gasteiger partial charge is 0.387 e. The van der Waals surface area contributed by atoms with Gasteiger partial charge in [0.2, 0.25) is 0 Å². The van der Waals surface area contributed by atoms with E-state index in [1.54, 1.807) is 0 Å². The molecule has 2 fully saturated rings. The van der Waals surface area contributed by atoms with Crippen LogP contribution < -0.4 is 9.47 Å². The number of ether oxygens (including phenoxy) is 2. The Labute approximate surface area is 198 Å². The predicted octanol–water partition coefficient (Wildman–Crippen LogP) is 8.56. The highest BCUT2D eigenvalue weighted by Crippen LogP contribution is 2.42. The summed E-state index contributed by atoms with van der Waals surface area (Å²) < 4.78 is 34.3. The van der Waals surface area contributed by atoms with E-state index >= 15 is 0 Å². The summed E-state index contributed by atoms with van der Waals surface area (Å²) in [6.45, 7) is -0.585. The number of benzene rings is 1. The van der Waals surface area contributed by atoms with Crippen molar-refractivity contribution >= 4 is 5.97 Å². The van der Waals surface area contributed by atoms with Gasteiger partial charge in [-0.1, -0.05) is 64.7 Å². The van der Waals surface area contributed by atoms with Gasteiger partial charge in [0.05, 0.1) is 5.92 Å². The maximum atomic E-state index is 12.6. The summed E-state index contributed by atoms with van der Waals surface area (Å²) in [6.07, 6.45) is 19.3. The first-order valence-electron chi connectivity index (χ1n) is 13.3. The van der Waals surface area contributed by atoms with E-state index in [9.17, 15) is 13.6 Å². The van der Waals surface area contributed by atoms with Gasteiger partial charge in [-0.3, -0.25) is 4.79 Å². The van der Waals surface area contributed by atoms with E-state index in [0.717, 1.165) is 43.4 Å². The van der Waals surface area contributed by atoms with Crippen LogP contribution in [0.5, 0.6) is 11.5 Å². The van der Waals surface area contributed by atoms with Crippen molar-refractivity contribution in [2.24, 2.45) is 23.7 Å². The van der Waals surface area contributed by atoms with Crippen LogP contribution in [0.1, 0.15) is 103 Å². The van der Waals surface area contributed by atoms with Crippen LogP contribution in [0.2, 0.25) is 0 Å². The van der Waals surface area contributed by atoms with E-state index < -0.39 is 6.61 Å². The van der Waals surface area contributed by atoms with Crippen LogP contribution >= 0.6 is 0 Å². The molecule has 0 unspecified atom stereocenters. The summed E-state index contributed by atoms with van der Waals surface area (Å²) in [5.41, 5.74) is 0. The van der Waals surface area contributed by atoms with Crippen LogP contribution in [-0.2, 0) is 4.79 Å². The van der Waals surface area contributed by atoms with Gasteiger partial charge in [0.25, 0.3) is 0 Å². The van der Waals surface area contributed by atoms with Crippen LogP contribution in [0.3, 0.4) is 0 Å². The summed E-state index contributed by atoms with van der Waals surface area (Å²) in [4.78, 5) is 12.6. The molecule has 186 valence electrons. The highest BCUT2D eigenvalue weighted by Gasteiger charge is 2.33. The number of hydrogen-bond donors (Lipinski definition) is 0. The highest BCUT2D eigenvalue weighted by atomic mass is 19.3. The minimum Gasteiger partial charge on any atom is -0.435 e. The maximum absolute atomic E-state index is 12.6. The number of hydrogen-bond acceptors (Lipinski definition) is 3. The lowest BCUT2D eigenvalue weighted by molar-refractivity contribution is -0.140. The van der Waals surface area contributed by atoms with Gasteiger partial charge in [-0.2, -0.15) is 8.78 Å². The molecule has 2 aliphatic carbocycles. The molecular formula is C28H42F2O3. The zero-order chi connectivity index (χ0) is 23.5. The number of unbranched alkanes of at least 4 members (excludes halogenated alkanes) is 5. The highest BCUT2D eigenvalue weighted by molar-refractivity contribution is 5.75. The molecule has 1 aromatic rings. The van der Waals surface area contributed by atoms with Crippen LogP contribution in [0.4, 0.5) is 8.78 Å². The number of halogens is 2. The maximum Gasteiger partial charge on any atom is 0.387 e. The quantitative estimate of drug-likeness (QED) is 0.177. The van der Waals surface area contributed by atoms with Crippen molar-refractivity contribution in [3.8, 4) is 11.5 Å². The molecule has 0 spiro atoms. The molecule has 0 aliphatic heterocycles. The third-order valence-electron chi connectivity index (χ3n) is 7.90. The predicted molar refractivity (Wildman–Crippen MR) is 128 cm³/mol. The topological polar surface area (TPSA) is 35.5 Å². The molecular weight excluding hydrogens is 422 g/mol. The van der Waals surface area contributed by atoms with Crippen molar-refractivity contribution in [3.05, 3.63) is 24.3 Å². The molecule has 33 heavy (non-hydrogen) atoms. The summed E-state index contributed by atoms with van der Waals surface area (Å²) in [5.74, 6) is 2.73. The van der Waals surface area contributed by atoms with Crippen molar-refractivity contribution in [1.29, 1.82) is 0 Å². The molecule has 1 aromatic carbocycles. The summed E-state index contributed by atoms with van der Waals surface area (Å²) in [5, 5.41) is 0. The molecule has 0 heterocycles. The molecule has 0 bridgehead atoms. The fraction of sp³-hybridized carbons (Fsp3) is 0.750. The molecule has 0 aromatic heterocycles. The molecule has 2 saturated carbocycles. The van der Waals surface area contributed by atoms with Crippen molar-refractivity contribution in [2.75, 3.05) is 0 Å². The Balaban J connectivity index is 1.31. The van der Waals surface area contributed by atoms with Crippen LogP contribution in [-0.4, -0.2) is 12.6 Å². The second-order valence-electron chi connectivity index (χ2n) is 10.2. The van der Waals surface area contributed by atoms with E-state index in [-0.39, 0.29) is 17.6 Å². The van der Waals surface area contributed by atoms with Crippen molar-refractivity contribution < 1.29 is 23.0 Å². The fourth-order valence-electron chi connectivity index (χ4n) is 5.88. The van der Waals surface area contributed by atoms with Gasteiger partial charge in [-0.25, -0.2) is 0 Å². The largest absolute Gasteiger partial charge is 0.435 e. The molecule has 0 radical (unpaired) electrons. The van der Waals surface area contributed by atoms with E-state index in [1.807, 2.05) is 0 Å². The Morgan fingerprint density at radius 2 is 1.36 bits per heavy atom. The van der Waals surface area contributed by atoms with Gasteiger partial charge in [-0.15, -0.1) is 0 Å². The third kappa shape index (κ3) is 8.90. The van der Waals surface area contributed by atoms with Crippen molar-refractivity contribution in [1.82, 2.24) is 0 Å². The van der Waals surface area contributed by atoms with E-state index in [4.69, 9.17) is 4.74 Å². The van der Waals surface area contributed by atoms with Crippen LogP contribution in [0.25, 0.3) is 0 Å². The lowest BCUT2D eigenvalue weighted by Gasteiger charge is -2.37. The molecule has 0 saturated heterocycles. The minimum absolute atomic E-state index is 0.0534. The molecule has 5 heteroatoms. The van der Waals surface area contributed by atoms with Crippen LogP contribution in [0, 0.1) is 23.7 Å². The molecule has 3 nitrogen and oxygen atoms in total. The number of rotatable bonds is 12. The summed E-state index contributed by atoms with van der Waals surface area (Å²) in [6, 6.07) is 5.80. The monoisotopic (exact) mass is 464 g/mol. The first-order valence-corrected chi connectivity index (χ1v) is 13.3. The average molecular weight is 465 g/mol. The van der Waals surface area contributed by atoms with E-state index in [0.29, 0.717) is 5.75 Å². The second-order valence-corrected chi connectivity index (χ2v) is 10.2. The summed E-state index contributed by atoms with van der Waals surface area (Å²) >= 11 is 0. The Bertz CT molecular complexity index is 675.